The molecule has 0 bridgehead atoms. The Morgan fingerprint density at radius 3 is 2.77 bits per heavy atom. The zero-order valence-corrected chi connectivity index (χ0v) is 7.32. The van der Waals surface area contributed by atoms with Gasteiger partial charge in [-0.05, 0) is 17.7 Å². The minimum atomic E-state index is -0.500. The number of rotatable bonds is 2. The van der Waals surface area contributed by atoms with Crippen molar-refractivity contribution < 1.29 is 9.66 Å². The highest BCUT2D eigenvalue weighted by molar-refractivity contribution is 6.32. The number of halogens is 1. The molecule has 4 nitrogen and oxygen atoms in total. The van der Waals surface area contributed by atoms with Crippen molar-refractivity contribution in [2.75, 3.05) is 6.61 Å². The summed E-state index contributed by atoms with van der Waals surface area (Å²) in [5.74, 6) is 0. The Bertz CT molecular complexity index is 362. The molecule has 0 N–H and O–H groups in total. The number of hydrogen-bond donors (Lipinski definition) is 0. The van der Waals surface area contributed by atoms with E-state index in [1.165, 1.54) is 6.07 Å². The summed E-state index contributed by atoms with van der Waals surface area (Å²) >= 11 is 5.70. The van der Waals surface area contributed by atoms with E-state index < -0.39 is 4.92 Å². The Kier molecular flexibility index (Phi) is 1.94. The fourth-order valence-electron chi connectivity index (χ4n) is 1.11. The second kappa shape index (κ2) is 2.97. The van der Waals surface area contributed by atoms with Crippen LogP contribution in [0.25, 0.3) is 0 Å². The first-order valence-electron chi connectivity index (χ1n) is 3.74. The second-order valence-electron chi connectivity index (χ2n) is 2.79. The van der Waals surface area contributed by atoms with E-state index in [0.717, 1.165) is 5.56 Å². The molecule has 1 saturated heterocycles. The number of ether oxygens (including phenoxy) is 1. The van der Waals surface area contributed by atoms with Crippen LogP contribution in [0.5, 0.6) is 0 Å². The van der Waals surface area contributed by atoms with Gasteiger partial charge in [-0.3, -0.25) is 10.1 Å². The maximum atomic E-state index is 10.4. The summed E-state index contributed by atoms with van der Waals surface area (Å²) in [6.07, 6.45) is 0.0818. The van der Waals surface area contributed by atoms with Crippen molar-refractivity contribution in [3.63, 3.8) is 0 Å². The molecular weight excluding hydrogens is 194 g/mol. The minimum absolute atomic E-state index is 0.0638. The van der Waals surface area contributed by atoms with Gasteiger partial charge in [0, 0.05) is 6.07 Å². The number of hydrogen-bond acceptors (Lipinski definition) is 3. The number of nitro groups is 1. The van der Waals surface area contributed by atoms with Crippen LogP contribution in [0.2, 0.25) is 5.02 Å². The third kappa shape index (κ3) is 1.64. The normalized spacial score (nSPS) is 19.9. The first kappa shape index (κ1) is 8.47. The van der Waals surface area contributed by atoms with Crippen molar-refractivity contribution in [3.8, 4) is 0 Å². The van der Waals surface area contributed by atoms with Crippen LogP contribution >= 0.6 is 11.6 Å². The highest BCUT2D eigenvalue weighted by Crippen LogP contribution is 2.34. The van der Waals surface area contributed by atoms with Crippen molar-refractivity contribution in [3.05, 3.63) is 38.9 Å². The zero-order valence-electron chi connectivity index (χ0n) is 6.57. The summed E-state index contributed by atoms with van der Waals surface area (Å²) in [6.45, 7) is 0.675. The molecule has 0 radical (unpaired) electrons. The van der Waals surface area contributed by atoms with Gasteiger partial charge in [0.1, 0.15) is 11.1 Å². The van der Waals surface area contributed by atoms with Crippen molar-refractivity contribution in [1.29, 1.82) is 0 Å². The predicted octanol–water partition coefficient (Wildman–Crippen LogP) is 2.32. The van der Waals surface area contributed by atoms with E-state index in [-0.39, 0.29) is 16.8 Å². The Hall–Kier alpha value is -1.13. The minimum Gasteiger partial charge on any atom is -0.368 e. The maximum Gasteiger partial charge on any atom is 0.287 e. The fraction of sp³-hybridized carbons (Fsp3) is 0.250. The smallest absolute Gasteiger partial charge is 0.287 e. The quantitative estimate of drug-likeness (QED) is 0.417. The highest BCUT2D eigenvalue weighted by atomic mass is 35.5. The van der Waals surface area contributed by atoms with Gasteiger partial charge >= 0.3 is 0 Å². The molecule has 5 heteroatoms. The van der Waals surface area contributed by atoms with E-state index in [0.29, 0.717) is 6.61 Å². The highest BCUT2D eigenvalue weighted by Gasteiger charge is 2.26. The van der Waals surface area contributed by atoms with Crippen molar-refractivity contribution in [2.24, 2.45) is 0 Å². The van der Waals surface area contributed by atoms with Gasteiger partial charge in [0.2, 0.25) is 0 Å². The molecule has 1 heterocycles. The Balaban J connectivity index is 2.36. The lowest BCUT2D eigenvalue weighted by atomic mass is 10.1. The molecular formula is C8H6ClNO3. The van der Waals surface area contributed by atoms with Gasteiger partial charge < -0.3 is 4.74 Å². The molecule has 1 aromatic carbocycles. The van der Waals surface area contributed by atoms with Gasteiger partial charge in [0.15, 0.2) is 0 Å². The average Bonchev–Trinajstić information content (AvgIpc) is 2.85. The predicted molar refractivity (Wildman–Crippen MR) is 46.8 cm³/mol. The number of benzene rings is 1. The van der Waals surface area contributed by atoms with Crippen LogP contribution in [0.3, 0.4) is 0 Å². The van der Waals surface area contributed by atoms with Crippen LogP contribution in [-0.2, 0) is 4.74 Å². The van der Waals surface area contributed by atoms with E-state index in [4.69, 9.17) is 16.3 Å². The largest absolute Gasteiger partial charge is 0.368 e. The number of epoxide rings is 1. The van der Waals surface area contributed by atoms with Crippen LogP contribution in [-0.4, -0.2) is 11.5 Å². The third-order valence-electron chi connectivity index (χ3n) is 1.87. The topological polar surface area (TPSA) is 55.7 Å². The summed E-state index contributed by atoms with van der Waals surface area (Å²) < 4.78 is 5.02. The molecule has 1 aliphatic rings. The monoisotopic (exact) mass is 199 g/mol. The molecule has 0 saturated carbocycles. The summed E-state index contributed by atoms with van der Waals surface area (Å²) in [5, 5.41) is 10.6. The lowest BCUT2D eigenvalue weighted by Crippen LogP contribution is -1.90. The van der Waals surface area contributed by atoms with Crippen LogP contribution in [0.15, 0.2) is 18.2 Å². The SMILES string of the molecule is O=[N+]([O-])c1ccc([C@@H]2CO2)cc1Cl. The molecule has 0 amide bonds. The summed E-state index contributed by atoms with van der Waals surface area (Å²) in [5.41, 5.74) is 0.835. The molecule has 1 atom stereocenters. The summed E-state index contributed by atoms with van der Waals surface area (Å²) in [6, 6.07) is 4.65. The summed E-state index contributed by atoms with van der Waals surface area (Å²) in [7, 11) is 0. The van der Waals surface area contributed by atoms with E-state index >= 15 is 0 Å². The molecule has 2 rings (SSSR count). The lowest BCUT2D eigenvalue weighted by molar-refractivity contribution is -0.384. The van der Waals surface area contributed by atoms with Crippen LogP contribution in [0, 0.1) is 10.1 Å². The van der Waals surface area contributed by atoms with E-state index in [1.54, 1.807) is 12.1 Å². The average molecular weight is 200 g/mol. The number of nitro benzene ring substituents is 1. The lowest BCUT2D eigenvalue weighted by Gasteiger charge is -1.97. The molecule has 1 aliphatic heterocycles. The van der Waals surface area contributed by atoms with Gasteiger partial charge in [-0.25, -0.2) is 0 Å². The first-order valence-corrected chi connectivity index (χ1v) is 4.12. The van der Waals surface area contributed by atoms with Gasteiger partial charge in [-0.2, -0.15) is 0 Å². The van der Waals surface area contributed by atoms with Gasteiger partial charge in [-0.15, -0.1) is 0 Å². The fourth-order valence-corrected chi connectivity index (χ4v) is 1.37. The standard InChI is InChI=1S/C8H6ClNO3/c9-6-3-5(8-4-13-8)1-2-7(6)10(11)12/h1-3,8H,4H2/t8-/m0/s1. The van der Waals surface area contributed by atoms with Crippen molar-refractivity contribution in [1.82, 2.24) is 0 Å². The van der Waals surface area contributed by atoms with E-state index in [2.05, 4.69) is 0 Å². The Labute approximate surface area is 79.2 Å². The van der Waals surface area contributed by atoms with Crippen molar-refractivity contribution in [2.45, 2.75) is 6.10 Å². The maximum absolute atomic E-state index is 10.4. The van der Waals surface area contributed by atoms with Crippen LogP contribution < -0.4 is 0 Å². The van der Waals surface area contributed by atoms with E-state index in [9.17, 15) is 10.1 Å². The third-order valence-corrected chi connectivity index (χ3v) is 2.18. The van der Waals surface area contributed by atoms with E-state index in [1.807, 2.05) is 0 Å². The molecule has 0 spiro atoms. The van der Waals surface area contributed by atoms with Gasteiger partial charge in [0.25, 0.3) is 5.69 Å². The first-order chi connectivity index (χ1) is 6.18. The molecule has 68 valence electrons. The molecule has 1 fully saturated rings. The van der Waals surface area contributed by atoms with Crippen LogP contribution in [0.4, 0.5) is 5.69 Å². The number of nitrogens with zero attached hydrogens (tertiary/aromatic N) is 1. The molecule has 0 unspecified atom stereocenters. The molecule has 0 aromatic heterocycles. The van der Waals surface area contributed by atoms with Crippen molar-refractivity contribution >= 4 is 17.3 Å². The van der Waals surface area contributed by atoms with Gasteiger partial charge in [-0.1, -0.05) is 11.6 Å². The summed E-state index contributed by atoms with van der Waals surface area (Å²) in [4.78, 5) is 9.91. The Morgan fingerprint density at radius 2 is 2.31 bits per heavy atom. The Morgan fingerprint density at radius 1 is 1.62 bits per heavy atom. The van der Waals surface area contributed by atoms with Gasteiger partial charge in [0.05, 0.1) is 11.5 Å². The molecule has 1 aromatic rings. The second-order valence-corrected chi connectivity index (χ2v) is 3.20. The van der Waals surface area contributed by atoms with Crippen LogP contribution in [0.1, 0.15) is 11.7 Å². The zero-order chi connectivity index (χ0) is 9.42. The molecule has 13 heavy (non-hydrogen) atoms. The molecule has 0 aliphatic carbocycles.